The number of nitrogens with two attached hydrogens (primary N) is 1. The monoisotopic (exact) mass is 853 g/mol. The van der Waals surface area contributed by atoms with Crippen molar-refractivity contribution in [3.05, 3.63) is 45.9 Å². The Kier molecular flexibility index (Phi) is 21.2. The zero-order chi connectivity index (χ0) is 44.6. The number of unbranched alkanes of at least 4 members (excludes halogenated alkanes) is 3. The lowest BCUT2D eigenvalue weighted by Crippen LogP contribution is -2.56. The zero-order valence-electron chi connectivity index (χ0n) is 38.5. The third kappa shape index (κ3) is 15.9. The fourth-order valence-corrected chi connectivity index (χ4v) is 9.59. The van der Waals surface area contributed by atoms with Crippen molar-refractivity contribution in [1.29, 1.82) is 0 Å². The first-order valence-corrected chi connectivity index (χ1v) is 24.1. The van der Waals surface area contributed by atoms with E-state index in [1.54, 1.807) is 19.2 Å². The molecule has 2 aromatic rings. The van der Waals surface area contributed by atoms with Gasteiger partial charge in [-0.05, 0) is 107 Å². The topological polar surface area (TPSA) is 163 Å². The van der Waals surface area contributed by atoms with Crippen LogP contribution in [-0.2, 0) is 20.8 Å². The standard InChI is InChI=1S/C49H80N4O6S/c1-10-12-13-16-27-53(47(57)43(34(6)11-2)52-45(56)38-18-15-14-17-33(5)19-24-38)41(32(3)4)29-42(54)46-51-40(31-60-46)44(55)35(7)20-21-37(30-49(8,9)48(58)59)28-36-22-25-39(50)26-23-36/h22-23,25-26,31-35,37-38,41-43,54H,10-21,24,27-30,50H2,1-9H3,(H,52,56)(H,58,59)/t33?,34-,35-,37-,38-,41+,42?,43-/m0/s1. The number of rotatable bonds is 25. The first-order valence-electron chi connectivity index (χ1n) is 23.2. The number of benzene rings is 1. The molecule has 1 saturated carbocycles. The number of aliphatic carboxylic acids is 1. The van der Waals surface area contributed by atoms with E-state index in [4.69, 9.17) is 5.73 Å². The van der Waals surface area contributed by atoms with Crippen molar-refractivity contribution in [2.75, 3.05) is 12.3 Å². The second-order valence-corrected chi connectivity index (χ2v) is 20.2. The van der Waals surface area contributed by atoms with E-state index in [-0.39, 0.29) is 59.6 Å². The van der Waals surface area contributed by atoms with E-state index in [1.165, 1.54) is 17.8 Å². The fourth-order valence-electron chi connectivity index (χ4n) is 8.79. The van der Waals surface area contributed by atoms with Crippen molar-refractivity contribution in [3.8, 4) is 0 Å². The highest BCUT2D eigenvalue weighted by molar-refractivity contribution is 7.09. The molecular weight excluding hydrogens is 773 g/mol. The van der Waals surface area contributed by atoms with Crippen molar-refractivity contribution in [3.63, 3.8) is 0 Å². The third-order valence-corrected chi connectivity index (χ3v) is 14.2. The van der Waals surface area contributed by atoms with Crippen LogP contribution in [0.1, 0.15) is 186 Å². The summed E-state index contributed by atoms with van der Waals surface area (Å²) in [6.07, 6.45) is 12.5. The normalized spacial score (nSPS) is 19.3. The summed E-state index contributed by atoms with van der Waals surface area (Å²) >= 11 is 1.26. The maximum absolute atomic E-state index is 14.8. The number of nitrogen functional groups attached to an aromatic ring is 1. The Hall–Kier alpha value is -3.31. The second-order valence-electron chi connectivity index (χ2n) is 19.3. The number of hydrogen-bond acceptors (Lipinski definition) is 8. The molecule has 1 fully saturated rings. The molecule has 5 N–H and O–H groups in total. The Morgan fingerprint density at radius 3 is 2.28 bits per heavy atom. The molecule has 0 saturated heterocycles. The number of carbonyl (C=O) groups excluding carboxylic acids is 3. The molecule has 1 aromatic heterocycles. The molecule has 0 spiro atoms. The molecular formula is C49H80N4O6S. The number of hydrogen-bond donors (Lipinski definition) is 4. The number of Topliss-reactive ketones (excluding diaryl/α,β-unsaturated/α-hetero) is 1. The van der Waals surface area contributed by atoms with Gasteiger partial charge in [-0.1, -0.05) is 106 Å². The fraction of sp³-hybridized carbons (Fsp3) is 0.735. The summed E-state index contributed by atoms with van der Waals surface area (Å²) in [5.41, 5.74) is 7.06. The first-order chi connectivity index (χ1) is 28.4. The maximum atomic E-state index is 14.8. The van der Waals surface area contributed by atoms with Gasteiger partial charge in [-0.3, -0.25) is 19.2 Å². The van der Waals surface area contributed by atoms with Gasteiger partial charge in [0.15, 0.2) is 5.78 Å². The van der Waals surface area contributed by atoms with Crippen LogP contribution in [-0.4, -0.2) is 62.3 Å². The van der Waals surface area contributed by atoms with Crippen molar-refractivity contribution < 1.29 is 29.4 Å². The second kappa shape index (κ2) is 25.0. The summed E-state index contributed by atoms with van der Waals surface area (Å²) in [5.74, 6) is -0.865. The number of aliphatic hydroxyl groups is 1. The van der Waals surface area contributed by atoms with Gasteiger partial charge in [0.05, 0.1) is 5.41 Å². The van der Waals surface area contributed by atoms with Crippen LogP contribution in [0.15, 0.2) is 29.6 Å². The number of carboxylic acids is 1. The molecule has 11 heteroatoms. The van der Waals surface area contributed by atoms with Crippen LogP contribution in [0.5, 0.6) is 0 Å². The van der Waals surface area contributed by atoms with Crippen LogP contribution in [0.3, 0.4) is 0 Å². The van der Waals surface area contributed by atoms with Gasteiger partial charge in [-0.15, -0.1) is 11.3 Å². The first kappa shape index (κ1) is 51.0. The summed E-state index contributed by atoms with van der Waals surface area (Å²) in [4.78, 5) is 61.1. The van der Waals surface area contributed by atoms with Gasteiger partial charge < -0.3 is 26.2 Å². The van der Waals surface area contributed by atoms with Gasteiger partial charge in [0.25, 0.3) is 0 Å². The predicted molar refractivity (Wildman–Crippen MR) is 245 cm³/mol. The Labute approximate surface area is 366 Å². The quantitative estimate of drug-likeness (QED) is 0.0436. The van der Waals surface area contributed by atoms with Gasteiger partial charge in [0, 0.05) is 41.9 Å². The summed E-state index contributed by atoms with van der Waals surface area (Å²) in [7, 11) is 0. The van der Waals surface area contributed by atoms with Crippen LogP contribution in [0.4, 0.5) is 5.69 Å². The number of ketones is 1. The maximum Gasteiger partial charge on any atom is 0.309 e. The number of thiazole rings is 1. The zero-order valence-corrected chi connectivity index (χ0v) is 39.3. The van der Waals surface area contributed by atoms with Gasteiger partial charge in [0.2, 0.25) is 11.8 Å². The highest BCUT2D eigenvalue weighted by Crippen LogP contribution is 2.34. The number of amides is 2. The number of nitrogens with zero attached hydrogens (tertiary/aromatic N) is 2. The van der Waals surface area contributed by atoms with Crippen molar-refractivity contribution >= 4 is 40.6 Å². The van der Waals surface area contributed by atoms with E-state index in [1.807, 2.05) is 43.0 Å². The minimum atomic E-state index is -0.985. The Morgan fingerprint density at radius 1 is 0.967 bits per heavy atom. The van der Waals surface area contributed by atoms with E-state index in [2.05, 4.69) is 44.9 Å². The van der Waals surface area contributed by atoms with Crippen LogP contribution in [0.2, 0.25) is 0 Å². The van der Waals surface area contributed by atoms with E-state index < -0.39 is 23.5 Å². The van der Waals surface area contributed by atoms with Crippen molar-refractivity contribution in [1.82, 2.24) is 15.2 Å². The molecule has 2 unspecified atom stereocenters. The number of anilines is 1. The molecule has 1 aliphatic carbocycles. The lowest BCUT2D eigenvalue weighted by molar-refractivity contribution is -0.148. The van der Waals surface area contributed by atoms with Gasteiger partial charge in [-0.2, -0.15) is 0 Å². The average molecular weight is 853 g/mol. The minimum absolute atomic E-state index is 0.00884. The molecule has 1 aromatic carbocycles. The highest BCUT2D eigenvalue weighted by atomic mass is 32.1. The lowest BCUT2D eigenvalue weighted by Gasteiger charge is -2.39. The number of aromatic nitrogens is 1. The lowest BCUT2D eigenvalue weighted by atomic mass is 9.77. The number of carbonyl (C=O) groups is 4. The molecule has 0 radical (unpaired) electrons. The molecule has 0 bridgehead atoms. The minimum Gasteiger partial charge on any atom is -0.481 e. The largest absolute Gasteiger partial charge is 0.481 e. The Morgan fingerprint density at radius 2 is 1.65 bits per heavy atom. The van der Waals surface area contributed by atoms with E-state index in [9.17, 15) is 29.4 Å². The number of carboxylic acid groups (broad SMARTS) is 1. The molecule has 60 heavy (non-hydrogen) atoms. The average Bonchev–Trinajstić information content (AvgIpc) is 3.70. The van der Waals surface area contributed by atoms with Crippen molar-refractivity contribution in [2.45, 2.75) is 183 Å². The van der Waals surface area contributed by atoms with Gasteiger partial charge in [0.1, 0.15) is 22.8 Å². The molecule has 3 rings (SSSR count). The molecule has 1 aliphatic rings. The summed E-state index contributed by atoms with van der Waals surface area (Å²) < 4.78 is 0. The molecule has 0 aliphatic heterocycles. The number of nitrogens with one attached hydrogen (secondary N) is 1. The summed E-state index contributed by atoms with van der Waals surface area (Å²) in [6, 6.07) is 6.69. The summed E-state index contributed by atoms with van der Waals surface area (Å²) in [5, 5.41) is 27.1. The van der Waals surface area contributed by atoms with Crippen LogP contribution in [0, 0.1) is 40.9 Å². The Balaban J connectivity index is 1.78. The molecule has 1 heterocycles. The van der Waals surface area contributed by atoms with E-state index in [0.29, 0.717) is 54.5 Å². The van der Waals surface area contributed by atoms with E-state index in [0.717, 1.165) is 69.8 Å². The molecule has 10 nitrogen and oxygen atoms in total. The Bertz CT molecular complexity index is 1630. The smallest absolute Gasteiger partial charge is 0.309 e. The van der Waals surface area contributed by atoms with Crippen LogP contribution in [0.25, 0.3) is 0 Å². The van der Waals surface area contributed by atoms with Crippen LogP contribution < -0.4 is 11.1 Å². The molecule has 338 valence electrons. The molecule has 2 amide bonds. The van der Waals surface area contributed by atoms with Gasteiger partial charge in [-0.25, -0.2) is 4.98 Å². The van der Waals surface area contributed by atoms with Gasteiger partial charge >= 0.3 is 5.97 Å². The highest BCUT2D eigenvalue weighted by Gasteiger charge is 2.37. The molecule has 8 atom stereocenters. The SMILES string of the molecule is CCCCCCN(C(=O)[C@@H](NC(=O)[C@H]1CCCCC(C)CC1)[C@@H](C)CC)[C@H](CC(O)c1nc(C(=O)[C@@H](C)CC[C@@H](Cc2ccc(N)cc2)CC(C)(C)C(=O)O)cs1)C(C)C. The van der Waals surface area contributed by atoms with E-state index >= 15 is 0 Å². The number of aliphatic hydroxyl groups excluding tert-OH is 1. The van der Waals surface area contributed by atoms with Crippen LogP contribution >= 0.6 is 11.3 Å². The van der Waals surface area contributed by atoms with Crippen molar-refractivity contribution in [2.24, 2.45) is 40.9 Å². The predicted octanol–water partition coefficient (Wildman–Crippen LogP) is 10.7. The third-order valence-electron chi connectivity index (χ3n) is 13.2. The summed E-state index contributed by atoms with van der Waals surface area (Å²) in [6.45, 7) is 18.6.